The van der Waals surface area contributed by atoms with Gasteiger partial charge in [0.2, 0.25) is 0 Å². The van der Waals surface area contributed by atoms with Crippen LogP contribution < -0.4 is 15.5 Å². The van der Waals surface area contributed by atoms with Crippen molar-refractivity contribution >= 4 is 17.5 Å². The van der Waals surface area contributed by atoms with E-state index in [9.17, 15) is 9.59 Å². The van der Waals surface area contributed by atoms with Crippen LogP contribution >= 0.6 is 0 Å². The molecule has 1 fully saturated rings. The highest BCUT2D eigenvalue weighted by molar-refractivity contribution is 6.09. The number of furan rings is 1. The molecule has 23 heavy (non-hydrogen) atoms. The van der Waals surface area contributed by atoms with Crippen LogP contribution in [0.2, 0.25) is 0 Å². The number of hydrogen-bond acceptors (Lipinski definition) is 4. The number of rotatable bonds is 5. The highest BCUT2D eigenvalue weighted by Gasteiger charge is 2.22. The summed E-state index contributed by atoms with van der Waals surface area (Å²) < 4.78 is 5.14. The Bertz CT molecular complexity index is 693. The summed E-state index contributed by atoms with van der Waals surface area (Å²) in [5, 5.41) is 6.10. The Hall–Kier alpha value is -2.60. The fourth-order valence-electron chi connectivity index (χ4n) is 2.46. The number of nitrogens with one attached hydrogen (secondary N) is 2. The van der Waals surface area contributed by atoms with Crippen molar-refractivity contribution in [1.29, 1.82) is 0 Å². The van der Waals surface area contributed by atoms with Crippen LogP contribution in [0.15, 0.2) is 47.1 Å². The fraction of sp³-hybridized carbons (Fsp3) is 0.294. The lowest BCUT2D eigenvalue weighted by atomic mass is 10.0. The van der Waals surface area contributed by atoms with Crippen molar-refractivity contribution in [3.05, 3.63) is 54.0 Å². The molecule has 0 unspecified atom stereocenters. The molecule has 2 N–H and O–H groups in total. The van der Waals surface area contributed by atoms with E-state index in [-0.39, 0.29) is 17.6 Å². The Kier molecular flexibility index (Phi) is 4.43. The van der Waals surface area contributed by atoms with Gasteiger partial charge in [0.25, 0.3) is 11.8 Å². The smallest absolute Gasteiger partial charge is 0.293 e. The third-order valence-electron chi connectivity index (χ3n) is 3.96. The molecule has 2 amide bonds. The molecule has 0 spiro atoms. The number of para-hydroxylation sites is 1. The second-order valence-corrected chi connectivity index (χ2v) is 5.59. The Morgan fingerprint density at radius 3 is 2.70 bits per heavy atom. The van der Waals surface area contributed by atoms with Gasteiger partial charge in [0.05, 0.1) is 17.5 Å². The van der Waals surface area contributed by atoms with Crippen LogP contribution in [0.25, 0.3) is 0 Å². The maximum atomic E-state index is 12.4. The molecule has 2 heterocycles. The van der Waals surface area contributed by atoms with Crippen LogP contribution in [-0.2, 0) is 0 Å². The number of hydrogen-bond donors (Lipinski definition) is 2. The van der Waals surface area contributed by atoms with Crippen molar-refractivity contribution in [2.45, 2.75) is 0 Å². The minimum absolute atomic E-state index is 0.174. The largest absolute Gasteiger partial charge is 0.459 e. The van der Waals surface area contributed by atoms with E-state index < -0.39 is 0 Å². The van der Waals surface area contributed by atoms with Gasteiger partial charge in [-0.25, -0.2) is 0 Å². The van der Waals surface area contributed by atoms with E-state index in [0.29, 0.717) is 23.7 Å². The molecular formula is C17H19N3O3. The summed E-state index contributed by atoms with van der Waals surface area (Å²) in [6.07, 6.45) is 1.45. The average Bonchev–Trinajstić information content (AvgIpc) is 3.06. The Balaban J connectivity index is 1.76. The molecule has 1 aromatic heterocycles. The van der Waals surface area contributed by atoms with Crippen molar-refractivity contribution in [3.63, 3.8) is 0 Å². The van der Waals surface area contributed by atoms with Crippen LogP contribution in [0, 0.1) is 5.92 Å². The van der Waals surface area contributed by atoms with Gasteiger partial charge in [-0.3, -0.25) is 9.59 Å². The molecule has 3 rings (SSSR count). The van der Waals surface area contributed by atoms with Crippen LogP contribution in [0.1, 0.15) is 20.9 Å². The molecule has 1 aliphatic heterocycles. The van der Waals surface area contributed by atoms with Gasteiger partial charge < -0.3 is 20.0 Å². The number of carbonyl (C=O) groups excluding carboxylic acids is 2. The van der Waals surface area contributed by atoms with Gasteiger partial charge in [0.15, 0.2) is 5.76 Å². The molecule has 1 aliphatic rings. The topological polar surface area (TPSA) is 74.6 Å². The van der Waals surface area contributed by atoms with Crippen LogP contribution in [0.5, 0.6) is 0 Å². The van der Waals surface area contributed by atoms with Crippen molar-refractivity contribution in [2.24, 2.45) is 5.92 Å². The van der Waals surface area contributed by atoms with E-state index in [2.05, 4.69) is 10.6 Å². The number of nitrogens with zero attached hydrogens (tertiary/aromatic N) is 1. The molecule has 0 bridgehead atoms. The quantitative estimate of drug-likeness (QED) is 0.877. The van der Waals surface area contributed by atoms with E-state index in [1.54, 1.807) is 43.4 Å². The first-order valence-corrected chi connectivity index (χ1v) is 7.56. The normalized spacial score (nSPS) is 14.1. The summed E-state index contributed by atoms with van der Waals surface area (Å²) in [7, 11) is 1.63. The van der Waals surface area contributed by atoms with Gasteiger partial charge in [-0.05, 0) is 24.3 Å². The third-order valence-corrected chi connectivity index (χ3v) is 3.96. The van der Waals surface area contributed by atoms with E-state index in [0.717, 1.165) is 13.1 Å². The number of benzene rings is 1. The van der Waals surface area contributed by atoms with Gasteiger partial charge in [0, 0.05) is 32.6 Å². The SMILES string of the molecule is CN(C(=O)c1ccco1)c1ccccc1C(=O)NCC1CNC1. The molecule has 0 saturated carbocycles. The Morgan fingerprint density at radius 1 is 1.26 bits per heavy atom. The average molecular weight is 313 g/mol. The van der Waals surface area contributed by atoms with E-state index in [1.165, 1.54) is 11.2 Å². The summed E-state index contributed by atoms with van der Waals surface area (Å²) in [4.78, 5) is 26.3. The molecule has 6 nitrogen and oxygen atoms in total. The van der Waals surface area contributed by atoms with Crippen LogP contribution in [0.3, 0.4) is 0 Å². The first-order valence-electron chi connectivity index (χ1n) is 7.56. The van der Waals surface area contributed by atoms with Gasteiger partial charge >= 0.3 is 0 Å². The summed E-state index contributed by atoms with van der Waals surface area (Å²) in [5.74, 6) is 0.252. The zero-order chi connectivity index (χ0) is 16.2. The van der Waals surface area contributed by atoms with E-state index in [4.69, 9.17) is 4.42 Å². The third kappa shape index (κ3) is 3.27. The predicted molar refractivity (Wildman–Crippen MR) is 86.6 cm³/mol. The van der Waals surface area contributed by atoms with Gasteiger partial charge in [-0.1, -0.05) is 12.1 Å². The standard InChI is InChI=1S/C17H19N3O3/c1-20(17(22)15-7-4-8-23-15)14-6-3-2-5-13(14)16(21)19-11-12-9-18-10-12/h2-8,12,18H,9-11H2,1H3,(H,19,21). The molecule has 120 valence electrons. The van der Waals surface area contributed by atoms with Crippen molar-refractivity contribution in [1.82, 2.24) is 10.6 Å². The lowest BCUT2D eigenvalue weighted by molar-refractivity contribution is 0.0942. The second kappa shape index (κ2) is 6.66. The monoisotopic (exact) mass is 313 g/mol. The van der Waals surface area contributed by atoms with Gasteiger partial charge in [-0.2, -0.15) is 0 Å². The molecule has 1 aromatic carbocycles. The lowest BCUT2D eigenvalue weighted by Crippen LogP contribution is -2.48. The highest BCUT2D eigenvalue weighted by atomic mass is 16.3. The summed E-state index contributed by atoms with van der Waals surface area (Å²) in [6.45, 7) is 2.49. The van der Waals surface area contributed by atoms with E-state index >= 15 is 0 Å². The molecule has 2 aromatic rings. The van der Waals surface area contributed by atoms with Crippen molar-refractivity contribution < 1.29 is 14.0 Å². The number of carbonyl (C=O) groups is 2. The second-order valence-electron chi connectivity index (χ2n) is 5.59. The zero-order valence-electron chi connectivity index (χ0n) is 12.9. The van der Waals surface area contributed by atoms with Crippen LogP contribution in [0.4, 0.5) is 5.69 Å². The van der Waals surface area contributed by atoms with Crippen molar-refractivity contribution in [2.75, 3.05) is 31.6 Å². The van der Waals surface area contributed by atoms with Gasteiger partial charge in [-0.15, -0.1) is 0 Å². The first kappa shape index (κ1) is 15.3. The lowest BCUT2D eigenvalue weighted by Gasteiger charge is -2.27. The molecule has 0 radical (unpaired) electrons. The first-order chi connectivity index (χ1) is 11.2. The summed E-state index contributed by atoms with van der Waals surface area (Å²) in [5.41, 5.74) is 1.03. The maximum absolute atomic E-state index is 12.4. The minimum Gasteiger partial charge on any atom is -0.459 e. The van der Waals surface area contributed by atoms with E-state index in [1.807, 2.05) is 0 Å². The van der Waals surface area contributed by atoms with Crippen LogP contribution in [-0.4, -0.2) is 38.5 Å². The molecule has 0 aliphatic carbocycles. The number of anilines is 1. The summed E-state index contributed by atoms with van der Waals surface area (Å²) in [6, 6.07) is 10.3. The maximum Gasteiger partial charge on any atom is 0.293 e. The predicted octanol–water partition coefficient (Wildman–Crippen LogP) is 1.51. The Labute approximate surface area is 134 Å². The Morgan fingerprint density at radius 2 is 2.04 bits per heavy atom. The molecule has 0 atom stereocenters. The zero-order valence-corrected chi connectivity index (χ0v) is 12.9. The van der Waals surface area contributed by atoms with Crippen molar-refractivity contribution in [3.8, 4) is 0 Å². The van der Waals surface area contributed by atoms with Gasteiger partial charge in [0.1, 0.15) is 0 Å². The summed E-state index contributed by atoms with van der Waals surface area (Å²) >= 11 is 0. The molecule has 6 heteroatoms. The molecular weight excluding hydrogens is 294 g/mol. The number of amides is 2. The molecule has 1 saturated heterocycles. The minimum atomic E-state index is -0.293. The fourth-order valence-corrected chi connectivity index (χ4v) is 2.46. The highest BCUT2D eigenvalue weighted by Crippen LogP contribution is 2.21.